The van der Waals surface area contributed by atoms with Gasteiger partial charge in [0.15, 0.2) is 5.78 Å². The van der Waals surface area contributed by atoms with Gasteiger partial charge in [-0.05, 0) is 49.1 Å². The number of fused-ring (bicyclic) bond motifs is 3. The zero-order valence-corrected chi connectivity index (χ0v) is 17.5. The second kappa shape index (κ2) is 8.01. The summed E-state index contributed by atoms with van der Waals surface area (Å²) in [6, 6.07) is 7.06. The number of rotatable bonds is 6. The van der Waals surface area contributed by atoms with Crippen molar-refractivity contribution < 1.29 is 9.59 Å². The number of amides is 1. The van der Waals surface area contributed by atoms with Gasteiger partial charge >= 0.3 is 0 Å². The van der Waals surface area contributed by atoms with Crippen LogP contribution in [0.5, 0.6) is 0 Å². The topological polar surface area (TPSA) is 72.0 Å². The van der Waals surface area contributed by atoms with Crippen molar-refractivity contribution in [2.75, 3.05) is 11.1 Å². The Hall–Kier alpha value is -2.25. The zero-order valence-electron chi connectivity index (χ0n) is 15.8. The molecule has 2 aromatic heterocycles. The number of thioether (sulfide) groups is 1. The molecule has 28 heavy (non-hydrogen) atoms. The smallest absolute Gasteiger partial charge is 0.226 e. The lowest BCUT2D eigenvalue weighted by Crippen LogP contribution is -2.17. The maximum absolute atomic E-state index is 12.6. The molecule has 0 saturated carbocycles. The molecule has 5 nitrogen and oxygen atoms in total. The summed E-state index contributed by atoms with van der Waals surface area (Å²) in [5, 5.41) is 4.88. The Labute approximate surface area is 172 Å². The van der Waals surface area contributed by atoms with Crippen molar-refractivity contribution in [2.45, 2.75) is 38.1 Å². The van der Waals surface area contributed by atoms with Gasteiger partial charge in [0.05, 0.1) is 5.75 Å². The van der Waals surface area contributed by atoms with Crippen molar-refractivity contribution in [3.05, 3.63) is 46.6 Å². The highest BCUT2D eigenvalue weighted by molar-refractivity contribution is 8.00. The van der Waals surface area contributed by atoms with Crippen LogP contribution in [-0.4, -0.2) is 27.4 Å². The highest BCUT2D eigenvalue weighted by Crippen LogP contribution is 2.40. The van der Waals surface area contributed by atoms with Crippen molar-refractivity contribution >= 4 is 50.7 Å². The van der Waals surface area contributed by atoms with Gasteiger partial charge in [-0.25, -0.2) is 9.97 Å². The van der Waals surface area contributed by atoms with E-state index in [1.807, 2.05) is 13.8 Å². The van der Waals surface area contributed by atoms with Crippen LogP contribution in [0.1, 0.15) is 41.1 Å². The molecule has 0 spiro atoms. The molecule has 0 unspecified atom stereocenters. The number of hydrogen-bond acceptors (Lipinski definition) is 6. The van der Waals surface area contributed by atoms with E-state index in [4.69, 9.17) is 0 Å². The molecule has 1 N–H and O–H groups in total. The van der Waals surface area contributed by atoms with Crippen molar-refractivity contribution in [2.24, 2.45) is 5.92 Å². The Morgan fingerprint density at radius 1 is 1.18 bits per heavy atom. The number of nitrogens with one attached hydrogen (secondary N) is 1. The summed E-state index contributed by atoms with van der Waals surface area (Å²) in [6.07, 6.45) is 4.98. The molecule has 1 aliphatic carbocycles. The first-order chi connectivity index (χ1) is 13.5. The zero-order chi connectivity index (χ0) is 19.7. The van der Waals surface area contributed by atoms with Crippen LogP contribution in [0.25, 0.3) is 10.2 Å². The number of nitrogens with zero attached hydrogens (tertiary/aromatic N) is 2. The molecule has 1 aromatic carbocycles. The third-order valence-electron chi connectivity index (χ3n) is 4.81. The Bertz CT molecular complexity index is 1040. The van der Waals surface area contributed by atoms with Gasteiger partial charge in [0.25, 0.3) is 0 Å². The molecule has 3 aromatic rings. The molecule has 0 fully saturated rings. The number of benzene rings is 1. The molecular formula is C21H21N3O2S2. The van der Waals surface area contributed by atoms with E-state index in [9.17, 15) is 9.59 Å². The van der Waals surface area contributed by atoms with Gasteiger partial charge in [0.2, 0.25) is 5.91 Å². The van der Waals surface area contributed by atoms with Gasteiger partial charge in [-0.15, -0.1) is 11.3 Å². The molecule has 0 radical (unpaired) electrons. The highest BCUT2D eigenvalue weighted by Gasteiger charge is 2.21. The molecule has 0 bridgehead atoms. The minimum atomic E-state index is -0.0824. The fourth-order valence-electron chi connectivity index (χ4n) is 3.25. The third-order valence-corrected chi connectivity index (χ3v) is 6.99. The summed E-state index contributed by atoms with van der Waals surface area (Å²) in [5.74, 6) is 0.256. The first-order valence-electron chi connectivity index (χ1n) is 9.35. The van der Waals surface area contributed by atoms with E-state index in [1.54, 1.807) is 41.9 Å². The second-order valence-corrected chi connectivity index (χ2v) is 9.20. The number of aryl methyl sites for hydroxylation is 2. The first-order valence-corrected chi connectivity index (χ1v) is 11.2. The van der Waals surface area contributed by atoms with Crippen LogP contribution in [0.3, 0.4) is 0 Å². The van der Waals surface area contributed by atoms with Crippen LogP contribution in [0, 0.1) is 5.92 Å². The van der Waals surface area contributed by atoms with Crippen LogP contribution < -0.4 is 5.32 Å². The van der Waals surface area contributed by atoms with Gasteiger partial charge in [0.1, 0.15) is 16.2 Å². The number of carbonyl (C=O) groups excluding carboxylic acids is 2. The lowest BCUT2D eigenvalue weighted by molar-refractivity contribution is -0.118. The fourth-order valence-corrected chi connectivity index (χ4v) is 5.47. The highest BCUT2D eigenvalue weighted by atomic mass is 32.2. The maximum atomic E-state index is 12.6. The van der Waals surface area contributed by atoms with Crippen LogP contribution in [0.2, 0.25) is 0 Å². The maximum Gasteiger partial charge on any atom is 0.226 e. The second-order valence-electron chi connectivity index (χ2n) is 7.15. The average Bonchev–Trinajstić information content (AvgIpc) is 3.27. The largest absolute Gasteiger partial charge is 0.326 e. The van der Waals surface area contributed by atoms with Gasteiger partial charge < -0.3 is 5.32 Å². The fraction of sp³-hybridized carbons (Fsp3) is 0.333. The number of hydrogen-bond donors (Lipinski definition) is 1. The minimum absolute atomic E-state index is 0.0364. The Morgan fingerprint density at radius 3 is 2.71 bits per heavy atom. The SMILES string of the molecule is CC(C)C(=O)Nc1ccc(C(=O)CSc2ncnc3sc4c(c23)CCC4)cc1. The molecule has 2 heterocycles. The summed E-state index contributed by atoms with van der Waals surface area (Å²) in [7, 11) is 0. The van der Waals surface area contributed by atoms with Gasteiger partial charge in [-0.2, -0.15) is 0 Å². The number of ketones is 1. The van der Waals surface area contributed by atoms with E-state index < -0.39 is 0 Å². The molecule has 0 aliphatic heterocycles. The molecule has 7 heteroatoms. The van der Waals surface area contributed by atoms with E-state index in [0.717, 1.165) is 28.1 Å². The predicted octanol–water partition coefficient (Wildman–Crippen LogP) is 4.75. The number of Topliss-reactive ketones (excluding diaryl/α,β-unsaturated/α-hetero) is 1. The Balaban J connectivity index is 1.45. The molecular weight excluding hydrogens is 390 g/mol. The molecule has 144 valence electrons. The summed E-state index contributed by atoms with van der Waals surface area (Å²) in [6.45, 7) is 3.69. The Kier molecular flexibility index (Phi) is 5.46. The lowest BCUT2D eigenvalue weighted by Gasteiger charge is -2.08. The summed E-state index contributed by atoms with van der Waals surface area (Å²) < 4.78 is 0. The lowest BCUT2D eigenvalue weighted by atomic mass is 10.1. The molecule has 1 aliphatic rings. The van der Waals surface area contributed by atoms with E-state index in [1.165, 1.54) is 28.6 Å². The predicted molar refractivity (Wildman–Crippen MR) is 114 cm³/mol. The Morgan fingerprint density at radius 2 is 1.96 bits per heavy atom. The van der Waals surface area contributed by atoms with Crippen LogP contribution in [0.4, 0.5) is 5.69 Å². The number of thiophene rings is 1. The van der Waals surface area contributed by atoms with E-state index in [0.29, 0.717) is 17.0 Å². The van der Waals surface area contributed by atoms with E-state index in [2.05, 4.69) is 15.3 Å². The van der Waals surface area contributed by atoms with Gasteiger partial charge in [-0.3, -0.25) is 9.59 Å². The third kappa shape index (κ3) is 3.82. The van der Waals surface area contributed by atoms with E-state index in [-0.39, 0.29) is 17.6 Å². The standard InChI is InChI=1S/C21H21N3O2S2/c1-12(2)19(26)24-14-8-6-13(7-9-14)16(25)10-27-20-18-15-4-3-5-17(15)28-21(18)23-11-22-20/h6-9,11-12H,3-5,10H2,1-2H3,(H,24,26). The first kappa shape index (κ1) is 19.1. The average molecular weight is 412 g/mol. The van der Waals surface area contributed by atoms with Gasteiger partial charge in [-0.1, -0.05) is 25.6 Å². The minimum Gasteiger partial charge on any atom is -0.326 e. The number of anilines is 1. The van der Waals surface area contributed by atoms with Crippen LogP contribution >= 0.6 is 23.1 Å². The number of carbonyl (C=O) groups is 2. The van der Waals surface area contributed by atoms with Crippen molar-refractivity contribution in [1.82, 2.24) is 9.97 Å². The summed E-state index contributed by atoms with van der Waals surface area (Å²) in [4.78, 5) is 35.7. The molecule has 4 rings (SSSR count). The van der Waals surface area contributed by atoms with Crippen molar-refractivity contribution in [3.8, 4) is 0 Å². The number of aromatic nitrogens is 2. The van der Waals surface area contributed by atoms with Crippen LogP contribution in [0.15, 0.2) is 35.6 Å². The van der Waals surface area contributed by atoms with Crippen molar-refractivity contribution in [1.29, 1.82) is 0 Å². The summed E-state index contributed by atoms with van der Waals surface area (Å²) in [5.41, 5.74) is 2.71. The quantitative estimate of drug-likeness (QED) is 0.360. The van der Waals surface area contributed by atoms with Crippen LogP contribution in [-0.2, 0) is 17.6 Å². The van der Waals surface area contributed by atoms with Gasteiger partial charge in [0, 0.05) is 27.4 Å². The summed E-state index contributed by atoms with van der Waals surface area (Å²) >= 11 is 3.23. The molecule has 1 amide bonds. The van der Waals surface area contributed by atoms with Crippen molar-refractivity contribution in [3.63, 3.8) is 0 Å². The monoisotopic (exact) mass is 411 g/mol. The molecule has 0 saturated heterocycles. The molecule has 0 atom stereocenters. The normalized spacial score (nSPS) is 13.1. The van der Waals surface area contributed by atoms with E-state index >= 15 is 0 Å².